The van der Waals surface area contributed by atoms with Crippen LogP contribution in [0.4, 0.5) is 0 Å². The summed E-state index contributed by atoms with van der Waals surface area (Å²) in [6.07, 6.45) is 1.80. The molecule has 2 aromatic heterocycles. The van der Waals surface area contributed by atoms with E-state index in [4.69, 9.17) is 11.6 Å². The standard InChI is InChI=1S/C14H15ClN2OS/c1-2-4-11-7-10(8-13(15)17-11)14(18)16-9-12-5-3-6-19-12/h3,5-8H,2,4,9H2,1H3,(H,16,18). The zero-order valence-electron chi connectivity index (χ0n) is 10.6. The molecule has 5 heteroatoms. The van der Waals surface area contributed by atoms with Crippen LogP contribution >= 0.6 is 22.9 Å². The lowest BCUT2D eigenvalue weighted by Crippen LogP contribution is -2.22. The highest BCUT2D eigenvalue weighted by atomic mass is 35.5. The van der Waals surface area contributed by atoms with Crippen molar-refractivity contribution in [3.63, 3.8) is 0 Å². The van der Waals surface area contributed by atoms with Gasteiger partial charge in [0.25, 0.3) is 5.91 Å². The Morgan fingerprint density at radius 3 is 3.00 bits per heavy atom. The molecule has 0 unspecified atom stereocenters. The molecule has 1 N–H and O–H groups in total. The highest BCUT2D eigenvalue weighted by molar-refractivity contribution is 7.09. The molecule has 0 saturated carbocycles. The lowest BCUT2D eigenvalue weighted by atomic mass is 10.1. The molecule has 0 radical (unpaired) electrons. The van der Waals surface area contributed by atoms with Gasteiger partial charge in [-0.05, 0) is 30.0 Å². The SMILES string of the molecule is CCCc1cc(C(=O)NCc2cccs2)cc(Cl)n1. The van der Waals surface area contributed by atoms with Crippen LogP contribution in [0.3, 0.4) is 0 Å². The van der Waals surface area contributed by atoms with Crippen molar-refractivity contribution in [2.75, 3.05) is 0 Å². The maximum Gasteiger partial charge on any atom is 0.251 e. The monoisotopic (exact) mass is 294 g/mol. The van der Waals surface area contributed by atoms with E-state index in [1.165, 1.54) is 0 Å². The third-order valence-corrected chi connectivity index (χ3v) is 3.69. The normalized spacial score (nSPS) is 10.4. The smallest absolute Gasteiger partial charge is 0.251 e. The van der Waals surface area contributed by atoms with Gasteiger partial charge >= 0.3 is 0 Å². The highest BCUT2D eigenvalue weighted by Gasteiger charge is 2.09. The third-order valence-electron chi connectivity index (χ3n) is 2.62. The summed E-state index contributed by atoms with van der Waals surface area (Å²) in [5.74, 6) is -0.116. The van der Waals surface area contributed by atoms with Crippen molar-refractivity contribution in [1.82, 2.24) is 10.3 Å². The number of amides is 1. The van der Waals surface area contributed by atoms with E-state index in [-0.39, 0.29) is 5.91 Å². The highest BCUT2D eigenvalue weighted by Crippen LogP contribution is 2.13. The molecule has 0 aliphatic rings. The van der Waals surface area contributed by atoms with Crippen LogP contribution in [0.15, 0.2) is 29.6 Å². The van der Waals surface area contributed by atoms with Gasteiger partial charge < -0.3 is 5.32 Å². The molecule has 19 heavy (non-hydrogen) atoms. The van der Waals surface area contributed by atoms with Crippen LogP contribution in [0, 0.1) is 0 Å². The number of aromatic nitrogens is 1. The first kappa shape index (κ1) is 14.0. The summed E-state index contributed by atoms with van der Waals surface area (Å²) in [6, 6.07) is 7.37. The number of halogens is 1. The molecule has 1 amide bonds. The predicted molar refractivity (Wildman–Crippen MR) is 78.7 cm³/mol. The van der Waals surface area contributed by atoms with E-state index in [1.807, 2.05) is 17.5 Å². The quantitative estimate of drug-likeness (QED) is 0.855. The fourth-order valence-corrected chi connectivity index (χ4v) is 2.62. The van der Waals surface area contributed by atoms with Gasteiger partial charge in [-0.15, -0.1) is 11.3 Å². The summed E-state index contributed by atoms with van der Waals surface area (Å²) < 4.78 is 0. The fraction of sp³-hybridized carbons (Fsp3) is 0.286. The maximum absolute atomic E-state index is 12.1. The summed E-state index contributed by atoms with van der Waals surface area (Å²) in [5.41, 5.74) is 1.43. The van der Waals surface area contributed by atoms with E-state index in [9.17, 15) is 4.79 Å². The van der Waals surface area contributed by atoms with Gasteiger partial charge in [-0.2, -0.15) is 0 Å². The molecule has 2 aromatic rings. The Balaban J connectivity index is 2.05. The number of thiophene rings is 1. The molecule has 2 rings (SSSR count). The van der Waals surface area contributed by atoms with Crippen LogP contribution in [0.5, 0.6) is 0 Å². The molecule has 100 valence electrons. The summed E-state index contributed by atoms with van der Waals surface area (Å²) in [5, 5.41) is 5.24. The van der Waals surface area contributed by atoms with E-state index in [1.54, 1.807) is 23.5 Å². The number of carbonyl (C=O) groups is 1. The van der Waals surface area contributed by atoms with Crippen LogP contribution in [0.2, 0.25) is 5.15 Å². The van der Waals surface area contributed by atoms with Crippen LogP contribution in [0.25, 0.3) is 0 Å². The summed E-state index contributed by atoms with van der Waals surface area (Å²) in [4.78, 5) is 17.4. The van der Waals surface area contributed by atoms with Crippen molar-refractivity contribution in [3.8, 4) is 0 Å². The van der Waals surface area contributed by atoms with Gasteiger partial charge in [0.15, 0.2) is 0 Å². The van der Waals surface area contributed by atoms with Crippen molar-refractivity contribution >= 4 is 28.8 Å². The van der Waals surface area contributed by atoms with Crippen LogP contribution < -0.4 is 5.32 Å². The molecule has 0 aromatic carbocycles. The topological polar surface area (TPSA) is 42.0 Å². The van der Waals surface area contributed by atoms with Crippen LogP contribution in [-0.4, -0.2) is 10.9 Å². The van der Waals surface area contributed by atoms with Crippen LogP contribution in [-0.2, 0) is 13.0 Å². The molecular weight excluding hydrogens is 280 g/mol. The zero-order chi connectivity index (χ0) is 13.7. The van der Waals surface area contributed by atoms with Crippen molar-refractivity contribution in [2.24, 2.45) is 0 Å². The molecule has 2 heterocycles. The summed E-state index contributed by atoms with van der Waals surface area (Å²) in [6.45, 7) is 2.61. The first-order chi connectivity index (χ1) is 9.19. The van der Waals surface area contributed by atoms with Crippen LogP contribution in [0.1, 0.15) is 34.3 Å². The molecule has 0 saturated heterocycles. The minimum atomic E-state index is -0.116. The van der Waals surface area contributed by atoms with Gasteiger partial charge in [0.1, 0.15) is 5.15 Å². The zero-order valence-corrected chi connectivity index (χ0v) is 12.2. The van der Waals surface area contributed by atoms with Gasteiger partial charge in [0.05, 0.1) is 6.54 Å². The number of nitrogens with zero attached hydrogens (tertiary/aromatic N) is 1. The van der Waals surface area contributed by atoms with E-state index in [0.29, 0.717) is 17.3 Å². The number of carbonyl (C=O) groups excluding carboxylic acids is 1. The number of hydrogen-bond acceptors (Lipinski definition) is 3. The molecule has 0 aliphatic heterocycles. The predicted octanol–water partition coefficient (Wildman–Crippen LogP) is 3.68. The van der Waals surface area contributed by atoms with Gasteiger partial charge in [-0.3, -0.25) is 4.79 Å². The minimum Gasteiger partial charge on any atom is -0.347 e. The number of nitrogens with one attached hydrogen (secondary N) is 1. The second-order valence-electron chi connectivity index (χ2n) is 4.18. The first-order valence-electron chi connectivity index (χ1n) is 6.16. The minimum absolute atomic E-state index is 0.116. The summed E-state index contributed by atoms with van der Waals surface area (Å²) >= 11 is 7.56. The molecular formula is C14H15ClN2OS. The Hall–Kier alpha value is -1.39. The molecule has 3 nitrogen and oxygen atoms in total. The van der Waals surface area contributed by atoms with Gasteiger partial charge in [0, 0.05) is 16.1 Å². The van der Waals surface area contributed by atoms with Crippen molar-refractivity contribution < 1.29 is 4.79 Å². The molecule has 0 atom stereocenters. The number of pyridine rings is 1. The van der Waals surface area contributed by atoms with Gasteiger partial charge in [0.2, 0.25) is 0 Å². The fourth-order valence-electron chi connectivity index (χ4n) is 1.75. The molecule has 0 bridgehead atoms. The average molecular weight is 295 g/mol. The number of rotatable bonds is 5. The molecule has 0 spiro atoms. The van der Waals surface area contributed by atoms with E-state index in [0.717, 1.165) is 23.4 Å². The maximum atomic E-state index is 12.1. The van der Waals surface area contributed by atoms with E-state index >= 15 is 0 Å². The van der Waals surface area contributed by atoms with E-state index in [2.05, 4.69) is 17.2 Å². The summed E-state index contributed by atoms with van der Waals surface area (Å²) in [7, 11) is 0. The average Bonchev–Trinajstić information content (AvgIpc) is 2.88. The second kappa shape index (κ2) is 6.68. The van der Waals surface area contributed by atoms with Gasteiger partial charge in [-0.25, -0.2) is 4.98 Å². The lowest BCUT2D eigenvalue weighted by Gasteiger charge is -2.06. The number of aryl methyl sites for hydroxylation is 1. The third kappa shape index (κ3) is 4.04. The Morgan fingerprint density at radius 2 is 2.32 bits per heavy atom. The van der Waals surface area contributed by atoms with Crippen molar-refractivity contribution in [1.29, 1.82) is 0 Å². The van der Waals surface area contributed by atoms with Crippen molar-refractivity contribution in [3.05, 3.63) is 50.9 Å². The number of hydrogen-bond donors (Lipinski definition) is 1. The Morgan fingerprint density at radius 1 is 1.47 bits per heavy atom. The Kier molecular flexibility index (Phi) is 4.93. The Labute approximate surface area is 121 Å². The molecule has 0 fully saturated rings. The van der Waals surface area contributed by atoms with Gasteiger partial charge in [-0.1, -0.05) is 31.0 Å². The largest absolute Gasteiger partial charge is 0.347 e. The second-order valence-corrected chi connectivity index (χ2v) is 5.60. The van der Waals surface area contributed by atoms with Crippen molar-refractivity contribution in [2.45, 2.75) is 26.3 Å². The van der Waals surface area contributed by atoms with E-state index < -0.39 is 0 Å². The first-order valence-corrected chi connectivity index (χ1v) is 7.42. The Bertz CT molecular complexity index is 555. The molecule has 0 aliphatic carbocycles. The lowest BCUT2D eigenvalue weighted by molar-refractivity contribution is 0.0951.